The smallest absolute Gasteiger partial charge is 0.347 e. The molecule has 1 aliphatic heterocycles. The first-order valence-electron chi connectivity index (χ1n) is 6.31. The van der Waals surface area contributed by atoms with Crippen LogP contribution in [0.3, 0.4) is 0 Å². The largest absolute Gasteiger partial charge is 0.497 e. The average molecular weight is 279 g/mol. The molecule has 0 saturated heterocycles. The van der Waals surface area contributed by atoms with E-state index in [0.29, 0.717) is 30.2 Å². The van der Waals surface area contributed by atoms with Crippen LogP contribution in [0, 0.1) is 0 Å². The van der Waals surface area contributed by atoms with Crippen molar-refractivity contribution >= 4 is 11.7 Å². The maximum Gasteiger partial charge on any atom is 0.347 e. The molecule has 0 radical (unpaired) electrons. The molecular weight excluding hydrogens is 262 g/mol. The fourth-order valence-electron chi connectivity index (χ4n) is 2.01. The second-order valence-corrected chi connectivity index (χ2v) is 4.15. The Labute approximate surface area is 117 Å². The first kappa shape index (κ1) is 14.2. The van der Waals surface area contributed by atoms with Crippen molar-refractivity contribution in [3.63, 3.8) is 0 Å². The lowest BCUT2D eigenvalue weighted by atomic mass is 9.99. The van der Waals surface area contributed by atoms with Gasteiger partial charge in [-0.1, -0.05) is 5.16 Å². The van der Waals surface area contributed by atoms with Crippen molar-refractivity contribution in [1.29, 1.82) is 0 Å². The van der Waals surface area contributed by atoms with Crippen LogP contribution < -0.4 is 9.47 Å². The summed E-state index contributed by atoms with van der Waals surface area (Å²) in [5, 5.41) is 3.96. The number of oxime groups is 1. The van der Waals surface area contributed by atoms with Crippen LogP contribution in [0.15, 0.2) is 23.4 Å². The Hall–Kier alpha value is -2.24. The zero-order chi connectivity index (χ0) is 14.5. The third-order valence-electron chi connectivity index (χ3n) is 2.90. The van der Waals surface area contributed by atoms with Crippen LogP contribution in [-0.2, 0) is 14.4 Å². The molecule has 0 amide bonds. The van der Waals surface area contributed by atoms with Gasteiger partial charge in [0.15, 0.2) is 0 Å². The van der Waals surface area contributed by atoms with E-state index in [9.17, 15) is 4.79 Å². The molecule has 6 nitrogen and oxygen atoms in total. The van der Waals surface area contributed by atoms with Gasteiger partial charge in [-0.3, -0.25) is 0 Å². The molecule has 1 unspecified atom stereocenters. The summed E-state index contributed by atoms with van der Waals surface area (Å²) in [5.41, 5.74) is 1.43. The van der Waals surface area contributed by atoms with Gasteiger partial charge in [0.25, 0.3) is 0 Å². The van der Waals surface area contributed by atoms with E-state index in [4.69, 9.17) is 19.0 Å². The van der Waals surface area contributed by atoms with Crippen LogP contribution in [-0.4, -0.2) is 38.6 Å². The SMILES string of the molecule is CCOC(=O)C1C/C(=N\OC)c2ccc(OC)cc2O1. The van der Waals surface area contributed by atoms with E-state index in [0.717, 1.165) is 5.56 Å². The quantitative estimate of drug-likeness (QED) is 0.620. The minimum Gasteiger partial charge on any atom is -0.497 e. The van der Waals surface area contributed by atoms with Gasteiger partial charge in [-0.15, -0.1) is 0 Å². The van der Waals surface area contributed by atoms with Gasteiger partial charge in [-0.2, -0.15) is 0 Å². The third-order valence-corrected chi connectivity index (χ3v) is 2.90. The summed E-state index contributed by atoms with van der Waals surface area (Å²) in [6, 6.07) is 5.34. The summed E-state index contributed by atoms with van der Waals surface area (Å²) in [5.74, 6) is 0.763. The molecule has 0 spiro atoms. The molecule has 0 aliphatic carbocycles. The molecule has 1 heterocycles. The number of rotatable bonds is 4. The van der Waals surface area contributed by atoms with Crippen LogP contribution in [0.4, 0.5) is 0 Å². The van der Waals surface area contributed by atoms with Crippen LogP contribution in [0.25, 0.3) is 0 Å². The van der Waals surface area contributed by atoms with E-state index in [1.807, 2.05) is 6.07 Å². The van der Waals surface area contributed by atoms with Crippen LogP contribution in [0.2, 0.25) is 0 Å². The summed E-state index contributed by atoms with van der Waals surface area (Å²) in [7, 11) is 3.03. The van der Waals surface area contributed by atoms with Crippen molar-refractivity contribution < 1.29 is 23.8 Å². The molecule has 0 aromatic heterocycles. The number of hydrogen-bond acceptors (Lipinski definition) is 6. The number of hydrogen-bond donors (Lipinski definition) is 0. The van der Waals surface area contributed by atoms with Crippen molar-refractivity contribution in [3.05, 3.63) is 23.8 Å². The molecule has 1 atom stereocenters. The van der Waals surface area contributed by atoms with Gasteiger partial charge in [0, 0.05) is 18.1 Å². The maximum atomic E-state index is 11.8. The van der Waals surface area contributed by atoms with E-state index < -0.39 is 12.1 Å². The van der Waals surface area contributed by atoms with Crippen LogP contribution in [0.5, 0.6) is 11.5 Å². The first-order chi connectivity index (χ1) is 9.69. The lowest BCUT2D eigenvalue weighted by Crippen LogP contribution is -2.35. The minimum atomic E-state index is -0.719. The number of fused-ring (bicyclic) bond motifs is 1. The van der Waals surface area contributed by atoms with Gasteiger partial charge in [0.2, 0.25) is 6.10 Å². The number of ether oxygens (including phenoxy) is 3. The molecule has 108 valence electrons. The Morgan fingerprint density at radius 3 is 2.90 bits per heavy atom. The monoisotopic (exact) mass is 279 g/mol. The van der Waals surface area contributed by atoms with Gasteiger partial charge in [0.1, 0.15) is 18.6 Å². The minimum absolute atomic E-state index is 0.306. The number of carbonyl (C=O) groups excluding carboxylic acids is 1. The lowest BCUT2D eigenvalue weighted by Gasteiger charge is -2.25. The van der Waals surface area contributed by atoms with Gasteiger partial charge >= 0.3 is 5.97 Å². The van der Waals surface area contributed by atoms with Crippen LogP contribution in [0.1, 0.15) is 18.9 Å². The Balaban J connectivity index is 2.34. The van der Waals surface area contributed by atoms with Crippen LogP contribution >= 0.6 is 0 Å². The summed E-state index contributed by atoms with van der Waals surface area (Å²) >= 11 is 0. The van der Waals surface area contributed by atoms with E-state index in [-0.39, 0.29) is 0 Å². The highest BCUT2D eigenvalue weighted by molar-refractivity contribution is 6.06. The number of methoxy groups -OCH3 is 1. The standard InChI is InChI=1S/C14H17NO5/c1-4-19-14(16)13-8-11(15-18-3)10-6-5-9(17-2)7-12(10)20-13/h5-7,13H,4,8H2,1-3H3/b15-11+. The Morgan fingerprint density at radius 2 is 2.25 bits per heavy atom. The molecule has 2 rings (SSSR count). The van der Waals surface area contributed by atoms with Crippen molar-refractivity contribution in [2.24, 2.45) is 5.16 Å². The van der Waals surface area contributed by atoms with Crippen molar-refractivity contribution in [2.75, 3.05) is 20.8 Å². The highest BCUT2D eigenvalue weighted by Gasteiger charge is 2.32. The van der Waals surface area contributed by atoms with E-state index in [2.05, 4.69) is 5.16 Å². The molecule has 0 fully saturated rings. The Kier molecular flexibility index (Phi) is 4.45. The molecule has 6 heteroatoms. The highest BCUT2D eigenvalue weighted by atomic mass is 16.6. The van der Waals surface area contributed by atoms with Gasteiger partial charge in [-0.25, -0.2) is 4.79 Å². The lowest BCUT2D eigenvalue weighted by molar-refractivity contribution is -0.151. The predicted molar refractivity (Wildman–Crippen MR) is 72.2 cm³/mol. The number of esters is 1. The second-order valence-electron chi connectivity index (χ2n) is 4.15. The van der Waals surface area contributed by atoms with Gasteiger partial charge in [-0.05, 0) is 19.1 Å². The zero-order valence-corrected chi connectivity index (χ0v) is 11.7. The normalized spacial score (nSPS) is 18.9. The summed E-state index contributed by atoms with van der Waals surface area (Å²) < 4.78 is 15.8. The fraction of sp³-hybridized carbons (Fsp3) is 0.429. The second kappa shape index (κ2) is 6.27. The predicted octanol–water partition coefficient (Wildman–Crippen LogP) is 1.76. The molecular formula is C14H17NO5. The molecule has 1 aromatic carbocycles. The molecule has 1 aromatic rings. The Bertz CT molecular complexity index is 526. The Morgan fingerprint density at radius 1 is 1.45 bits per heavy atom. The van der Waals surface area contributed by atoms with E-state index in [1.54, 1.807) is 26.2 Å². The molecule has 1 aliphatic rings. The summed E-state index contributed by atoms with van der Waals surface area (Å²) in [6.45, 7) is 2.06. The first-order valence-corrected chi connectivity index (χ1v) is 6.31. The van der Waals surface area contributed by atoms with E-state index >= 15 is 0 Å². The third kappa shape index (κ3) is 2.84. The van der Waals surface area contributed by atoms with Gasteiger partial charge in [0.05, 0.1) is 19.4 Å². The maximum absolute atomic E-state index is 11.8. The van der Waals surface area contributed by atoms with Crippen molar-refractivity contribution in [3.8, 4) is 11.5 Å². The fourth-order valence-corrected chi connectivity index (χ4v) is 2.01. The summed E-state index contributed by atoms with van der Waals surface area (Å²) in [6.07, 6.45) is -0.408. The number of carbonyl (C=O) groups is 1. The number of benzene rings is 1. The van der Waals surface area contributed by atoms with Gasteiger partial charge < -0.3 is 19.0 Å². The molecule has 0 N–H and O–H groups in total. The molecule has 0 bridgehead atoms. The average Bonchev–Trinajstić information content (AvgIpc) is 2.47. The molecule has 0 saturated carbocycles. The van der Waals surface area contributed by atoms with Crippen molar-refractivity contribution in [2.45, 2.75) is 19.4 Å². The highest BCUT2D eigenvalue weighted by Crippen LogP contribution is 2.32. The summed E-state index contributed by atoms with van der Waals surface area (Å²) in [4.78, 5) is 16.7. The molecule has 20 heavy (non-hydrogen) atoms. The van der Waals surface area contributed by atoms with E-state index in [1.165, 1.54) is 7.11 Å². The topological polar surface area (TPSA) is 66.4 Å². The zero-order valence-electron chi connectivity index (χ0n) is 11.7. The number of nitrogens with zero attached hydrogens (tertiary/aromatic N) is 1. The van der Waals surface area contributed by atoms with Crippen molar-refractivity contribution in [1.82, 2.24) is 0 Å².